The molecule has 1 radical (unpaired) electrons. The molecule has 0 saturated carbocycles. The second-order valence-electron chi connectivity index (χ2n) is 2.28. The van der Waals surface area contributed by atoms with Gasteiger partial charge in [-0.1, -0.05) is 6.08 Å². The van der Waals surface area contributed by atoms with Gasteiger partial charge in [-0.05, 0) is 24.1 Å². The zero-order valence-corrected chi connectivity index (χ0v) is 7.04. The van der Waals surface area contributed by atoms with Crippen LogP contribution in [0.3, 0.4) is 0 Å². The minimum Gasteiger partial charge on any atom is -0.489 e. The molecule has 0 aromatic rings. The van der Waals surface area contributed by atoms with E-state index in [0.717, 1.165) is 5.57 Å². The zero-order chi connectivity index (χ0) is 8.23. The summed E-state index contributed by atoms with van der Waals surface area (Å²) < 4.78 is 5.32. The van der Waals surface area contributed by atoms with Crippen molar-refractivity contribution in [2.45, 2.75) is 6.10 Å². The van der Waals surface area contributed by atoms with E-state index in [2.05, 4.69) is 16.1 Å². The van der Waals surface area contributed by atoms with Crippen molar-refractivity contribution in [2.24, 2.45) is 5.10 Å². The summed E-state index contributed by atoms with van der Waals surface area (Å²) in [5, 5.41) is 5.72. The Kier molecular flexibility index (Phi) is 2.18. The molecular weight excluding hydrogens is 172 g/mol. The van der Waals surface area contributed by atoms with Crippen molar-refractivity contribution in [1.82, 2.24) is 4.83 Å². The molecule has 1 N–H and O–H groups in total. The van der Waals surface area contributed by atoms with Crippen molar-refractivity contribution >= 4 is 18.2 Å². The summed E-state index contributed by atoms with van der Waals surface area (Å²) in [5.74, 6) is 0. The van der Waals surface area contributed by atoms with Gasteiger partial charge in [0.2, 0.25) is 0 Å². The highest BCUT2D eigenvalue weighted by atomic mass is 32.2. The molecule has 61 valence electrons. The first kappa shape index (κ1) is 7.49. The Hall–Kier alpha value is -1.16. The molecule has 2 heterocycles. The van der Waals surface area contributed by atoms with Gasteiger partial charge in [0.1, 0.15) is 12.3 Å². The molecule has 2 aliphatic rings. The highest BCUT2D eigenvalue weighted by Crippen LogP contribution is 2.16. The largest absolute Gasteiger partial charge is 0.489 e. The van der Waals surface area contributed by atoms with Crippen molar-refractivity contribution in [3.05, 3.63) is 35.5 Å². The van der Waals surface area contributed by atoms with Crippen LogP contribution < -0.4 is 4.83 Å². The van der Waals surface area contributed by atoms with E-state index < -0.39 is 0 Å². The number of hydrazone groups is 1. The first-order valence-electron chi connectivity index (χ1n) is 3.52. The van der Waals surface area contributed by atoms with Gasteiger partial charge in [0.05, 0.1) is 6.26 Å². The van der Waals surface area contributed by atoms with Crippen LogP contribution >= 0.6 is 11.9 Å². The normalized spacial score (nSPS) is 26.0. The predicted molar refractivity (Wildman–Crippen MR) is 49.4 cm³/mol. The lowest BCUT2D eigenvalue weighted by molar-refractivity contribution is 0.219. The Morgan fingerprint density at radius 3 is 3.25 bits per heavy atom. The third-order valence-electron chi connectivity index (χ3n) is 1.48. The molecule has 0 aliphatic carbocycles. The lowest BCUT2D eigenvalue weighted by atomic mass is 10.1. The van der Waals surface area contributed by atoms with Crippen LogP contribution in [0.5, 0.6) is 0 Å². The molecule has 2 rings (SSSR count). The number of nitrogens with one attached hydrogen (secondary N) is 1. The fourth-order valence-corrected chi connectivity index (χ4v) is 1.39. The quantitative estimate of drug-likeness (QED) is 0.618. The number of nitrogens with zero attached hydrogens (tertiary/aromatic N) is 1. The third kappa shape index (κ3) is 1.53. The molecule has 0 saturated heterocycles. The average Bonchev–Trinajstić information content (AvgIpc) is 2.21. The highest BCUT2D eigenvalue weighted by Gasteiger charge is 2.13. The second-order valence-corrected chi connectivity index (χ2v) is 2.93. The van der Waals surface area contributed by atoms with Crippen molar-refractivity contribution in [2.75, 3.05) is 0 Å². The molecule has 0 amide bonds. The molecule has 0 aromatic heterocycles. The molecule has 4 heteroatoms. The Morgan fingerprint density at radius 1 is 1.58 bits per heavy atom. The Bertz CT molecular complexity index is 281. The summed E-state index contributed by atoms with van der Waals surface area (Å²) in [6.07, 6.45) is 10.2. The number of hydrogen-bond donors (Lipinski definition) is 1. The van der Waals surface area contributed by atoms with E-state index in [1.165, 1.54) is 11.9 Å². The van der Waals surface area contributed by atoms with Gasteiger partial charge in [-0.25, -0.2) is 4.83 Å². The monoisotopic (exact) mass is 179 g/mol. The fraction of sp³-hybridized carbons (Fsp3) is 0.125. The van der Waals surface area contributed by atoms with Crippen LogP contribution in [0.25, 0.3) is 0 Å². The van der Waals surface area contributed by atoms with Gasteiger partial charge in [-0.2, -0.15) is 5.10 Å². The molecule has 0 bridgehead atoms. The van der Waals surface area contributed by atoms with Crippen LogP contribution in [0.4, 0.5) is 0 Å². The lowest BCUT2D eigenvalue weighted by Gasteiger charge is -2.16. The molecule has 1 unspecified atom stereocenters. The summed E-state index contributed by atoms with van der Waals surface area (Å²) in [7, 11) is 0. The van der Waals surface area contributed by atoms with E-state index in [4.69, 9.17) is 4.74 Å². The van der Waals surface area contributed by atoms with Crippen LogP contribution in [0, 0.1) is 0 Å². The smallest absolute Gasteiger partial charge is 0.144 e. The molecule has 0 aromatic carbocycles. The molecule has 3 nitrogen and oxygen atoms in total. The van der Waals surface area contributed by atoms with E-state index >= 15 is 0 Å². The maximum absolute atomic E-state index is 5.32. The van der Waals surface area contributed by atoms with Crippen molar-refractivity contribution in [3.8, 4) is 0 Å². The van der Waals surface area contributed by atoms with Gasteiger partial charge in [0.25, 0.3) is 0 Å². The number of rotatable bonds is 1. The minimum atomic E-state index is -0.0339. The van der Waals surface area contributed by atoms with Crippen molar-refractivity contribution in [1.29, 1.82) is 0 Å². The van der Waals surface area contributed by atoms with Crippen molar-refractivity contribution < 1.29 is 4.74 Å². The minimum absolute atomic E-state index is 0.0339. The maximum atomic E-state index is 5.32. The summed E-state index contributed by atoms with van der Waals surface area (Å²) in [4.78, 5) is 2.71. The first-order valence-corrected chi connectivity index (χ1v) is 4.40. The summed E-state index contributed by atoms with van der Waals surface area (Å²) in [6, 6.07) is 0. The van der Waals surface area contributed by atoms with E-state index in [1.54, 1.807) is 6.26 Å². The molecule has 2 aliphatic heterocycles. The van der Waals surface area contributed by atoms with Gasteiger partial charge >= 0.3 is 0 Å². The van der Waals surface area contributed by atoms with Crippen LogP contribution in [0.1, 0.15) is 0 Å². The first-order chi connectivity index (χ1) is 5.97. The third-order valence-corrected chi connectivity index (χ3v) is 2.05. The SMILES string of the molecule is [C]1=NNSC=C1C1C=CC=CO1. The molecule has 0 fully saturated rings. The average molecular weight is 179 g/mol. The number of allylic oxidation sites excluding steroid dienone is 2. The highest BCUT2D eigenvalue weighted by molar-refractivity contribution is 8.00. The number of ether oxygens (including phenoxy) is 1. The predicted octanol–water partition coefficient (Wildman–Crippen LogP) is 1.45. The van der Waals surface area contributed by atoms with Gasteiger partial charge in [0, 0.05) is 11.0 Å². The van der Waals surface area contributed by atoms with Crippen LogP contribution in [0.2, 0.25) is 0 Å². The molecule has 12 heavy (non-hydrogen) atoms. The molecular formula is C8H7N2OS. The van der Waals surface area contributed by atoms with E-state index in [-0.39, 0.29) is 6.10 Å². The Morgan fingerprint density at radius 2 is 2.58 bits per heavy atom. The van der Waals surface area contributed by atoms with Gasteiger partial charge in [-0.3, -0.25) is 0 Å². The Balaban J connectivity index is 2.09. The van der Waals surface area contributed by atoms with Crippen LogP contribution in [-0.4, -0.2) is 12.3 Å². The van der Waals surface area contributed by atoms with Gasteiger partial charge in [0.15, 0.2) is 0 Å². The van der Waals surface area contributed by atoms with Crippen LogP contribution in [-0.2, 0) is 4.74 Å². The van der Waals surface area contributed by atoms with E-state index in [1.807, 2.05) is 23.6 Å². The lowest BCUT2D eigenvalue weighted by Crippen LogP contribution is -2.15. The van der Waals surface area contributed by atoms with Gasteiger partial charge < -0.3 is 4.74 Å². The summed E-state index contributed by atoms with van der Waals surface area (Å²) in [6.45, 7) is 0. The molecule has 0 spiro atoms. The topological polar surface area (TPSA) is 33.6 Å². The van der Waals surface area contributed by atoms with Crippen molar-refractivity contribution in [3.63, 3.8) is 0 Å². The maximum Gasteiger partial charge on any atom is 0.144 e. The standard InChI is InChI=1S/C8H7N2OS/c1-2-4-11-8(3-1)7-5-9-10-12-6-7/h1-4,6,8,10H. The number of hydrogen-bond acceptors (Lipinski definition) is 4. The van der Waals surface area contributed by atoms with E-state index in [0.29, 0.717) is 0 Å². The Labute approximate surface area is 75.0 Å². The molecule has 1 atom stereocenters. The van der Waals surface area contributed by atoms with Crippen LogP contribution in [0.15, 0.2) is 40.6 Å². The van der Waals surface area contributed by atoms with E-state index in [9.17, 15) is 0 Å². The summed E-state index contributed by atoms with van der Waals surface area (Å²) >= 11 is 1.42. The summed E-state index contributed by atoms with van der Waals surface area (Å²) in [5.41, 5.74) is 0.944. The fourth-order valence-electron chi connectivity index (χ4n) is 0.923. The van der Waals surface area contributed by atoms with Gasteiger partial charge in [-0.15, -0.1) is 0 Å². The second kappa shape index (κ2) is 3.49. The zero-order valence-electron chi connectivity index (χ0n) is 6.23.